The Kier molecular flexibility index (Phi) is 6.93. The van der Waals surface area contributed by atoms with E-state index < -0.39 is 23.5 Å². The van der Waals surface area contributed by atoms with Gasteiger partial charge in [0.05, 0.1) is 31.5 Å². The number of phenolic OH excluding ortho intramolecular Hbond substituents is 1. The van der Waals surface area contributed by atoms with Crippen molar-refractivity contribution in [1.82, 2.24) is 0 Å². The molecular weight excluding hydrogens is 498 g/mol. The number of hydrogen-bond donors (Lipinski definition) is 2. The fourth-order valence-corrected chi connectivity index (χ4v) is 4.66. The van der Waals surface area contributed by atoms with Crippen LogP contribution in [0.5, 0.6) is 28.7 Å². The Morgan fingerprint density at radius 3 is 2.05 bits per heavy atom. The number of carbonyl (C=O) groups excluding carboxylic acids is 2. The molecule has 1 atom stereocenters. The Morgan fingerprint density at radius 1 is 0.769 bits per heavy atom. The molecule has 1 fully saturated rings. The zero-order chi connectivity index (χ0) is 27.5. The van der Waals surface area contributed by atoms with Crippen molar-refractivity contribution in [3.05, 3.63) is 114 Å². The summed E-state index contributed by atoms with van der Waals surface area (Å²) in [6.45, 7) is 0. The number of carbonyl (C=O) groups is 2. The van der Waals surface area contributed by atoms with Crippen LogP contribution in [-0.2, 0) is 9.59 Å². The third-order valence-corrected chi connectivity index (χ3v) is 6.40. The predicted octanol–water partition coefficient (Wildman–Crippen LogP) is 5.83. The van der Waals surface area contributed by atoms with Crippen molar-refractivity contribution in [2.24, 2.45) is 0 Å². The largest absolute Gasteiger partial charge is 0.506 e. The van der Waals surface area contributed by atoms with Gasteiger partial charge in [0.25, 0.3) is 11.7 Å². The van der Waals surface area contributed by atoms with E-state index in [1.807, 2.05) is 18.2 Å². The maximum Gasteiger partial charge on any atom is 0.300 e. The van der Waals surface area contributed by atoms with Crippen molar-refractivity contribution in [3.8, 4) is 28.7 Å². The lowest BCUT2D eigenvalue weighted by molar-refractivity contribution is -0.132. The van der Waals surface area contributed by atoms with Crippen molar-refractivity contribution in [2.45, 2.75) is 6.04 Å². The minimum absolute atomic E-state index is 0.116. The average molecular weight is 524 g/mol. The van der Waals surface area contributed by atoms with E-state index in [0.717, 1.165) is 0 Å². The van der Waals surface area contributed by atoms with Crippen LogP contribution >= 0.6 is 0 Å². The fraction of sp³-hybridized carbons (Fsp3) is 0.0968. The van der Waals surface area contributed by atoms with Gasteiger partial charge in [-0.3, -0.25) is 14.5 Å². The number of aliphatic hydroxyl groups is 1. The summed E-state index contributed by atoms with van der Waals surface area (Å²) in [6.07, 6.45) is 0. The number of ketones is 1. The first-order valence-corrected chi connectivity index (χ1v) is 12.1. The highest BCUT2D eigenvalue weighted by molar-refractivity contribution is 6.52. The first-order chi connectivity index (χ1) is 18.9. The molecule has 0 saturated carbocycles. The van der Waals surface area contributed by atoms with Gasteiger partial charge in [0.15, 0.2) is 0 Å². The van der Waals surface area contributed by atoms with Crippen LogP contribution in [0.3, 0.4) is 0 Å². The first-order valence-electron chi connectivity index (χ1n) is 12.1. The monoisotopic (exact) mass is 523 g/mol. The summed E-state index contributed by atoms with van der Waals surface area (Å²) < 4.78 is 16.9. The van der Waals surface area contributed by atoms with E-state index in [-0.39, 0.29) is 34.1 Å². The molecule has 196 valence electrons. The van der Waals surface area contributed by atoms with Crippen molar-refractivity contribution in [3.63, 3.8) is 0 Å². The zero-order valence-electron chi connectivity index (χ0n) is 21.2. The first kappa shape index (κ1) is 25.4. The van der Waals surface area contributed by atoms with Crippen LogP contribution in [0.1, 0.15) is 17.2 Å². The molecule has 1 heterocycles. The number of aromatic hydroxyl groups is 1. The number of aliphatic hydroxyl groups excluding tert-OH is 1. The van der Waals surface area contributed by atoms with E-state index >= 15 is 0 Å². The van der Waals surface area contributed by atoms with Gasteiger partial charge >= 0.3 is 0 Å². The van der Waals surface area contributed by atoms with Crippen LogP contribution in [0.15, 0.2) is 103 Å². The summed E-state index contributed by atoms with van der Waals surface area (Å²) >= 11 is 0. The second kappa shape index (κ2) is 10.6. The minimum atomic E-state index is -1.10. The number of para-hydroxylation sites is 3. The standard InChI is InChI=1S/C31H25NO7/c1-37-24-16-9-17-25(38-2)26(24)29(34)27-28(32(31(36)30(27)35)22-14-6-7-15-23(22)33)19-10-8-13-21(18-19)39-20-11-4-3-5-12-20/h3-18,28,33-34H,1-2H3/b29-27+. The lowest BCUT2D eigenvalue weighted by Crippen LogP contribution is -2.29. The molecule has 1 aliphatic heterocycles. The molecular formula is C31H25NO7. The second-order valence-corrected chi connectivity index (χ2v) is 8.68. The van der Waals surface area contributed by atoms with E-state index in [2.05, 4.69) is 0 Å². The molecule has 1 unspecified atom stereocenters. The number of benzene rings is 4. The molecule has 0 aromatic heterocycles. The van der Waals surface area contributed by atoms with E-state index in [4.69, 9.17) is 14.2 Å². The second-order valence-electron chi connectivity index (χ2n) is 8.68. The number of phenols is 1. The summed E-state index contributed by atoms with van der Waals surface area (Å²) in [5.74, 6) is -0.953. The Bertz CT molecular complexity index is 1560. The third-order valence-electron chi connectivity index (χ3n) is 6.40. The van der Waals surface area contributed by atoms with Gasteiger partial charge in [0, 0.05) is 0 Å². The lowest BCUT2D eigenvalue weighted by Gasteiger charge is -2.26. The normalized spacial score (nSPS) is 16.3. The van der Waals surface area contributed by atoms with Gasteiger partial charge in [0.1, 0.15) is 40.1 Å². The highest BCUT2D eigenvalue weighted by atomic mass is 16.5. The fourth-order valence-electron chi connectivity index (χ4n) is 4.66. The summed E-state index contributed by atoms with van der Waals surface area (Å²) in [6, 6.07) is 26.0. The van der Waals surface area contributed by atoms with E-state index in [9.17, 15) is 19.8 Å². The lowest BCUT2D eigenvalue weighted by atomic mass is 9.94. The molecule has 0 bridgehead atoms. The number of Topliss-reactive ketones (excluding diaryl/α,β-unsaturated/α-hetero) is 1. The molecule has 4 aromatic carbocycles. The third kappa shape index (κ3) is 4.64. The van der Waals surface area contributed by atoms with Gasteiger partial charge in [-0.2, -0.15) is 0 Å². The molecule has 1 amide bonds. The van der Waals surface area contributed by atoms with Gasteiger partial charge in [-0.25, -0.2) is 0 Å². The van der Waals surface area contributed by atoms with Crippen LogP contribution in [0.25, 0.3) is 5.76 Å². The molecule has 4 aromatic rings. The molecule has 2 N–H and O–H groups in total. The number of ether oxygens (including phenoxy) is 3. The van der Waals surface area contributed by atoms with Gasteiger partial charge in [0.2, 0.25) is 0 Å². The molecule has 1 aliphatic rings. The number of nitrogens with zero attached hydrogens (tertiary/aromatic N) is 1. The van der Waals surface area contributed by atoms with E-state index in [1.165, 1.54) is 31.3 Å². The number of amides is 1. The maximum absolute atomic E-state index is 13.6. The number of hydrogen-bond acceptors (Lipinski definition) is 7. The van der Waals surface area contributed by atoms with Crippen molar-refractivity contribution in [2.75, 3.05) is 19.1 Å². The highest BCUT2D eigenvalue weighted by Crippen LogP contribution is 2.47. The highest BCUT2D eigenvalue weighted by Gasteiger charge is 2.48. The van der Waals surface area contributed by atoms with Crippen molar-refractivity contribution >= 4 is 23.1 Å². The van der Waals surface area contributed by atoms with Crippen LogP contribution in [0.2, 0.25) is 0 Å². The van der Waals surface area contributed by atoms with E-state index in [1.54, 1.807) is 66.7 Å². The molecule has 39 heavy (non-hydrogen) atoms. The molecule has 1 saturated heterocycles. The number of methoxy groups -OCH3 is 2. The molecule has 0 aliphatic carbocycles. The summed E-state index contributed by atoms with van der Waals surface area (Å²) in [5.41, 5.74) is 0.522. The average Bonchev–Trinajstić information content (AvgIpc) is 3.23. The molecule has 0 spiro atoms. The van der Waals surface area contributed by atoms with Crippen LogP contribution in [0.4, 0.5) is 5.69 Å². The van der Waals surface area contributed by atoms with Crippen molar-refractivity contribution < 1.29 is 34.0 Å². The Balaban J connectivity index is 1.74. The minimum Gasteiger partial charge on any atom is -0.506 e. The Labute approximate surface area is 224 Å². The van der Waals surface area contributed by atoms with E-state index in [0.29, 0.717) is 17.1 Å². The van der Waals surface area contributed by atoms with Crippen molar-refractivity contribution in [1.29, 1.82) is 0 Å². The summed E-state index contributed by atoms with van der Waals surface area (Å²) in [7, 11) is 2.85. The smallest absolute Gasteiger partial charge is 0.300 e. The number of rotatable bonds is 7. The Hall–Kier alpha value is -5.24. The zero-order valence-corrected chi connectivity index (χ0v) is 21.2. The van der Waals surface area contributed by atoms with Gasteiger partial charge in [-0.1, -0.05) is 48.5 Å². The van der Waals surface area contributed by atoms with Crippen LogP contribution in [-0.4, -0.2) is 36.1 Å². The van der Waals surface area contributed by atoms with Gasteiger partial charge < -0.3 is 24.4 Å². The summed E-state index contributed by atoms with van der Waals surface area (Å²) in [4.78, 5) is 28.2. The molecule has 5 rings (SSSR count). The quantitative estimate of drug-likeness (QED) is 0.178. The Morgan fingerprint density at radius 2 is 1.38 bits per heavy atom. The molecule has 8 nitrogen and oxygen atoms in total. The molecule has 8 heteroatoms. The van der Waals surface area contributed by atoms with Crippen LogP contribution < -0.4 is 19.1 Å². The summed E-state index contributed by atoms with van der Waals surface area (Å²) in [5, 5.41) is 22.3. The SMILES string of the molecule is COc1cccc(OC)c1/C(O)=C1\C(=O)C(=O)N(c2ccccc2O)C1c1cccc(Oc2ccccc2)c1. The van der Waals surface area contributed by atoms with Crippen LogP contribution in [0, 0.1) is 0 Å². The molecule has 0 radical (unpaired) electrons. The van der Waals surface area contributed by atoms with Gasteiger partial charge in [-0.15, -0.1) is 0 Å². The predicted molar refractivity (Wildman–Crippen MR) is 145 cm³/mol. The number of anilines is 1. The van der Waals surface area contributed by atoms with Gasteiger partial charge in [-0.05, 0) is 54.1 Å². The maximum atomic E-state index is 13.6. The topological polar surface area (TPSA) is 106 Å².